The van der Waals surface area contributed by atoms with Crippen LogP contribution >= 0.6 is 22.9 Å². The second kappa shape index (κ2) is 5.31. The lowest BCUT2D eigenvalue weighted by atomic mass is 10.1. The molecule has 6 heteroatoms. The molecule has 0 saturated heterocycles. The Balaban J connectivity index is 2.02. The molecule has 1 atom stereocenters. The van der Waals surface area contributed by atoms with Gasteiger partial charge < -0.3 is 0 Å². The van der Waals surface area contributed by atoms with Crippen LogP contribution in [-0.4, -0.2) is 4.98 Å². The molecule has 3 rings (SSSR count). The van der Waals surface area contributed by atoms with E-state index in [0.29, 0.717) is 15.2 Å². The van der Waals surface area contributed by atoms with Gasteiger partial charge in [0.15, 0.2) is 0 Å². The molecule has 0 spiro atoms. The molecule has 21 heavy (non-hydrogen) atoms. The van der Waals surface area contributed by atoms with Gasteiger partial charge in [-0.2, -0.15) is 13.2 Å². The van der Waals surface area contributed by atoms with E-state index >= 15 is 0 Å². The number of fused-ring (bicyclic) bond motifs is 1. The first kappa shape index (κ1) is 14.4. The summed E-state index contributed by atoms with van der Waals surface area (Å²) >= 11 is 7.67. The maximum atomic E-state index is 12.7. The van der Waals surface area contributed by atoms with Crippen molar-refractivity contribution in [2.75, 3.05) is 0 Å². The summed E-state index contributed by atoms with van der Waals surface area (Å²) in [5.41, 5.74) is 0.498. The summed E-state index contributed by atoms with van der Waals surface area (Å²) < 4.78 is 38.8. The molecule has 0 N–H and O–H groups in total. The van der Waals surface area contributed by atoms with Crippen LogP contribution in [0, 0.1) is 0 Å². The first-order valence-electron chi connectivity index (χ1n) is 6.12. The van der Waals surface area contributed by atoms with Gasteiger partial charge in [0.25, 0.3) is 0 Å². The highest BCUT2D eigenvalue weighted by Gasteiger charge is 2.31. The molecule has 0 bridgehead atoms. The van der Waals surface area contributed by atoms with Crippen molar-refractivity contribution in [2.24, 2.45) is 0 Å². The van der Waals surface area contributed by atoms with Crippen LogP contribution in [0.15, 0.2) is 48.5 Å². The van der Waals surface area contributed by atoms with Crippen LogP contribution in [0.5, 0.6) is 0 Å². The van der Waals surface area contributed by atoms with E-state index in [-0.39, 0.29) is 0 Å². The Morgan fingerprint density at radius 3 is 2.43 bits per heavy atom. The van der Waals surface area contributed by atoms with Gasteiger partial charge in [-0.15, -0.1) is 22.9 Å². The monoisotopic (exact) mass is 327 g/mol. The van der Waals surface area contributed by atoms with Gasteiger partial charge in [0, 0.05) is 0 Å². The lowest BCUT2D eigenvalue weighted by Crippen LogP contribution is -2.03. The molecule has 3 aromatic rings. The molecule has 108 valence electrons. The molecular formula is C15H9ClF3NS. The number of nitrogens with zero attached hydrogens (tertiary/aromatic N) is 1. The molecule has 0 fully saturated rings. The van der Waals surface area contributed by atoms with E-state index in [1.54, 1.807) is 0 Å². The molecule has 1 nitrogen and oxygen atoms in total. The third-order valence-electron chi connectivity index (χ3n) is 3.04. The van der Waals surface area contributed by atoms with E-state index in [2.05, 4.69) is 4.98 Å². The number of hydrogen-bond acceptors (Lipinski definition) is 2. The Morgan fingerprint density at radius 1 is 1.05 bits per heavy atom. The van der Waals surface area contributed by atoms with E-state index in [0.717, 1.165) is 17.7 Å². The molecule has 1 heterocycles. The van der Waals surface area contributed by atoms with Crippen molar-refractivity contribution in [3.63, 3.8) is 0 Å². The van der Waals surface area contributed by atoms with Crippen LogP contribution in [0.1, 0.15) is 21.5 Å². The minimum atomic E-state index is -4.36. The fourth-order valence-corrected chi connectivity index (χ4v) is 3.28. The van der Waals surface area contributed by atoms with Gasteiger partial charge in [0.1, 0.15) is 10.4 Å². The minimum Gasteiger partial charge on any atom is -0.239 e. The first-order chi connectivity index (χ1) is 9.95. The summed E-state index contributed by atoms with van der Waals surface area (Å²) in [6.45, 7) is 0. The standard InChI is InChI=1S/C15H9ClF3NS/c16-13(9-4-2-1-3-5-9)14-20-11-8-10(15(17,18)19)6-7-12(11)21-14/h1-8,13H. The topological polar surface area (TPSA) is 12.9 Å². The van der Waals surface area contributed by atoms with Crippen molar-refractivity contribution >= 4 is 33.2 Å². The molecular weight excluding hydrogens is 319 g/mol. The maximum Gasteiger partial charge on any atom is 0.416 e. The lowest BCUT2D eigenvalue weighted by molar-refractivity contribution is -0.137. The van der Waals surface area contributed by atoms with Gasteiger partial charge in [0.05, 0.1) is 15.8 Å². The first-order valence-corrected chi connectivity index (χ1v) is 7.37. The SMILES string of the molecule is FC(F)(F)c1ccc2sc(C(Cl)c3ccccc3)nc2c1. The van der Waals surface area contributed by atoms with E-state index in [1.165, 1.54) is 17.4 Å². The fraction of sp³-hybridized carbons (Fsp3) is 0.133. The summed E-state index contributed by atoms with van der Waals surface area (Å²) in [6.07, 6.45) is -4.36. The van der Waals surface area contributed by atoms with Crippen LogP contribution in [-0.2, 0) is 6.18 Å². The van der Waals surface area contributed by atoms with Gasteiger partial charge in [-0.05, 0) is 23.8 Å². The van der Waals surface area contributed by atoms with Gasteiger partial charge >= 0.3 is 6.18 Å². The molecule has 0 radical (unpaired) electrons. The zero-order chi connectivity index (χ0) is 15.0. The predicted molar refractivity (Wildman–Crippen MR) is 78.8 cm³/mol. The van der Waals surface area contributed by atoms with E-state index in [4.69, 9.17) is 11.6 Å². The average molecular weight is 328 g/mol. The molecule has 0 aliphatic heterocycles. The maximum absolute atomic E-state index is 12.7. The molecule has 0 aliphatic rings. The van der Waals surface area contributed by atoms with Crippen LogP contribution in [0.3, 0.4) is 0 Å². The normalized spacial score (nSPS) is 13.5. The molecule has 0 amide bonds. The summed E-state index contributed by atoms with van der Waals surface area (Å²) in [5, 5.41) is 0.134. The number of halogens is 4. The molecule has 1 aromatic heterocycles. The second-order valence-electron chi connectivity index (χ2n) is 4.51. The Kier molecular flexibility index (Phi) is 3.63. The predicted octanol–water partition coefficient (Wildman–Crippen LogP) is 5.64. The number of benzene rings is 2. The van der Waals surface area contributed by atoms with Crippen LogP contribution in [0.25, 0.3) is 10.2 Å². The highest BCUT2D eigenvalue weighted by atomic mass is 35.5. The Labute approximate surface area is 128 Å². The highest BCUT2D eigenvalue weighted by Crippen LogP contribution is 2.37. The second-order valence-corrected chi connectivity index (χ2v) is 6.00. The van der Waals surface area contributed by atoms with E-state index in [1.807, 2.05) is 30.3 Å². The number of hydrogen-bond donors (Lipinski definition) is 0. The minimum absolute atomic E-state index is 0.325. The van der Waals surface area contributed by atoms with Crippen LogP contribution in [0.2, 0.25) is 0 Å². The Hall–Kier alpha value is -1.59. The van der Waals surface area contributed by atoms with Crippen LogP contribution in [0.4, 0.5) is 13.2 Å². The lowest BCUT2D eigenvalue weighted by Gasteiger charge is -2.05. The van der Waals surface area contributed by atoms with E-state index < -0.39 is 17.1 Å². The number of alkyl halides is 4. The summed E-state index contributed by atoms with van der Waals surface area (Å²) in [5.74, 6) is 0. The van der Waals surface area contributed by atoms with Gasteiger partial charge in [0.2, 0.25) is 0 Å². The zero-order valence-electron chi connectivity index (χ0n) is 10.6. The van der Waals surface area contributed by atoms with E-state index in [9.17, 15) is 13.2 Å². The average Bonchev–Trinajstić information content (AvgIpc) is 2.89. The van der Waals surface area contributed by atoms with Crippen molar-refractivity contribution in [3.05, 3.63) is 64.7 Å². The zero-order valence-corrected chi connectivity index (χ0v) is 12.1. The number of aromatic nitrogens is 1. The van der Waals surface area contributed by atoms with Crippen molar-refractivity contribution in [1.29, 1.82) is 0 Å². The fourth-order valence-electron chi connectivity index (χ4n) is 1.99. The largest absolute Gasteiger partial charge is 0.416 e. The van der Waals surface area contributed by atoms with Crippen LogP contribution < -0.4 is 0 Å². The quantitative estimate of drug-likeness (QED) is 0.555. The van der Waals surface area contributed by atoms with Gasteiger partial charge in [-0.3, -0.25) is 0 Å². The third-order valence-corrected chi connectivity index (χ3v) is 4.73. The summed E-state index contributed by atoms with van der Waals surface area (Å²) in [4.78, 5) is 4.25. The highest BCUT2D eigenvalue weighted by molar-refractivity contribution is 7.18. The smallest absolute Gasteiger partial charge is 0.239 e. The van der Waals surface area contributed by atoms with Gasteiger partial charge in [-0.1, -0.05) is 30.3 Å². The van der Waals surface area contributed by atoms with Gasteiger partial charge in [-0.25, -0.2) is 4.98 Å². The Bertz CT molecular complexity index is 767. The van der Waals surface area contributed by atoms with Crippen molar-refractivity contribution in [1.82, 2.24) is 4.98 Å². The van der Waals surface area contributed by atoms with Crippen molar-refractivity contribution in [3.8, 4) is 0 Å². The number of rotatable bonds is 2. The molecule has 1 unspecified atom stereocenters. The summed E-state index contributed by atoms with van der Waals surface area (Å²) in [6, 6.07) is 12.9. The van der Waals surface area contributed by atoms with Crippen molar-refractivity contribution < 1.29 is 13.2 Å². The third kappa shape index (κ3) is 2.89. The summed E-state index contributed by atoms with van der Waals surface area (Å²) in [7, 11) is 0. The molecule has 0 aliphatic carbocycles. The molecule has 2 aromatic carbocycles. The number of thiazole rings is 1. The molecule has 0 saturated carbocycles. The van der Waals surface area contributed by atoms with Crippen molar-refractivity contribution in [2.45, 2.75) is 11.6 Å². The Morgan fingerprint density at radius 2 is 1.76 bits per heavy atom.